The van der Waals surface area contributed by atoms with E-state index < -0.39 is 0 Å². The van der Waals surface area contributed by atoms with Crippen molar-refractivity contribution >= 4 is 43.5 Å². The van der Waals surface area contributed by atoms with Crippen LogP contribution >= 0.6 is 11.3 Å². The molecule has 26 heavy (non-hydrogen) atoms. The molecule has 5 rings (SSSR count). The third-order valence-corrected chi connectivity index (χ3v) is 5.97. The molecule has 0 aliphatic heterocycles. The van der Waals surface area contributed by atoms with E-state index in [1.54, 1.807) is 11.3 Å². The number of hydrogen-bond donors (Lipinski definition) is 0. The number of hydrogen-bond acceptors (Lipinski definition) is 3. The van der Waals surface area contributed by atoms with Crippen LogP contribution in [0.4, 0.5) is 0 Å². The molecule has 0 bridgehead atoms. The first kappa shape index (κ1) is 15.6. The topological polar surface area (TPSA) is 26.0 Å². The summed E-state index contributed by atoms with van der Waals surface area (Å²) in [5.74, 6) is 0. The number of thiazole rings is 1. The number of furan rings is 1. The predicted octanol–water partition coefficient (Wildman–Crippen LogP) is 7.16. The highest BCUT2D eigenvalue weighted by atomic mass is 32.1. The minimum Gasteiger partial charge on any atom is -0.437 e. The normalized spacial score (nSPS) is 12.4. The van der Waals surface area contributed by atoms with Gasteiger partial charge < -0.3 is 4.42 Å². The van der Waals surface area contributed by atoms with E-state index in [1.807, 2.05) is 18.2 Å². The number of benzene rings is 3. The molecule has 0 amide bonds. The van der Waals surface area contributed by atoms with Crippen LogP contribution in [-0.2, 0) is 5.41 Å². The van der Waals surface area contributed by atoms with Crippen molar-refractivity contribution in [3.63, 3.8) is 0 Å². The summed E-state index contributed by atoms with van der Waals surface area (Å²) in [6.45, 7) is 6.79. The van der Waals surface area contributed by atoms with E-state index in [9.17, 15) is 0 Å². The lowest BCUT2D eigenvalue weighted by Gasteiger charge is -2.22. The second-order valence-electron chi connectivity index (χ2n) is 7.75. The Morgan fingerprint density at radius 3 is 2.42 bits per heavy atom. The van der Waals surface area contributed by atoms with Crippen molar-refractivity contribution in [1.82, 2.24) is 4.98 Å². The molecule has 0 radical (unpaired) electrons. The van der Waals surface area contributed by atoms with Gasteiger partial charge in [0.05, 0.1) is 0 Å². The molecule has 2 nitrogen and oxygen atoms in total. The summed E-state index contributed by atoms with van der Waals surface area (Å²) in [6.07, 6.45) is 0. The summed E-state index contributed by atoms with van der Waals surface area (Å²) in [4.78, 5) is 4.80. The van der Waals surface area contributed by atoms with Gasteiger partial charge in [0.25, 0.3) is 0 Å². The van der Waals surface area contributed by atoms with Gasteiger partial charge in [-0.2, -0.15) is 0 Å². The van der Waals surface area contributed by atoms with Gasteiger partial charge in [-0.05, 0) is 46.0 Å². The minimum atomic E-state index is 0.0682. The maximum Gasteiger partial charge on any atom is 0.238 e. The average Bonchev–Trinajstić information content (AvgIpc) is 3.18. The molecule has 0 N–H and O–H groups in total. The SMILES string of the molecule is CC(C)(C)c1cc(-c2nc3oc4ccccc4c3s2)cc2ccccc12. The second-order valence-corrected chi connectivity index (χ2v) is 8.75. The summed E-state index contributed by atoms with van der Waals surface area (Å²) in [6, 6.07) is 21.3. The van der Waals surface area contributed by atoms with Crippen LogP contribution in [0, 0.1) is 0 Å². The fourth-order valence-electron chi connectivity index (χ4n) is 3.57. The summed E-state index contributed by atoms with van der Waals surface area (Å²) in [7, 11) is 0. The zero-order valence-electron chi connectivity index (χ0n) is 15.0. The molecular formula is C23H19NOS. The maximum absolute atomic E-state index is 5.94. The Hall–Kier alpha value is -2.65. The van der Waals surface area contributed by atoms with Gasteiger partial charge in [-0.3, -0.25) is 0 Å². The molecule has 3 aromatic carbocycles. The third kappa shape index (κ3) is 2.35. The predicted molar refractivity (Wildman–Crippen MR) is 111 cm³/mol. The van der Waals surface area contributed by atoms with Crippen LogP contribution in [0.25, 0.3) is 42.7 Å². The number of para-hydroxylation sites is 1. The average molecular weight is 357 g/mol. The van der Waals surface area contributed by atoms with E-state index in [-0.39, 0.29) is 5.41 Å². The van der Waals surface area contributed by atoms with E-state index in [0.717, 1.165) is 32.0 Å². The molecule has 0 spiro atoms. The minimum absolute atomic E-state index is 0.0682. The fourth-order valence-corrected chi connectivity index (χ4v) is 4.58. The molecule has 2 aromatic heterocycles. The number of nitrogens with zero attached hydrogens (tertiary/aromatic N) is 1. The molecule has 0 unspecified atom stereocenters. The molecule has 0 aliphatic carbocycles. The lowest BCUT2D eigenvalue weighted by Crippen LogP contribution is -2.11. The smallest absolute Gasteiger partial charge is 0.238 e. The first-order chi connectivity index (χ1) is 12.5. The van der Waals surface area contributed by atoms with E-state index in [0.29, 0.717) is 0 Å². The Balaban J connectivity index is 1.77. The highest BCUT2D eigenvalue weighted by molar-refractivity contribution is 7.22. The van der Waals surface area contributed by atoms with E-state index in [2.05, 4.69) is 63.2 Å². The Kier molecular flexibility index (Phi) is 3.25. The van der Waals surface area contributed by atoms with Gasteiger partial charge >= 0.3 is 0 Å². The maximum atomic E-state index is 5.94. The molecule has 2 heterocycles. The zero-order chi connectivity index (χ0) is 17.9. The van der Waals surface area contributed by atoms with Crippen LogP contribution in [-0.4, -0.2) is 4.98 Å². The second kappa shape index (κ2) is 5.42. The summed E-state index contributed by atoms with van der Waals surface area (Å²) in [5, 5.41) is 4.73. The Morgan fingerprint density at radius 1 is 0.885 bits per heavy atom. The first-order valence-corrected chi connectivity index (χ1v) is 9.64. The Morgan fingerprint density at radius 2 is 1.62 bits per heavy atom. The number of rotatable bonds is 1. The molecule has 0 saturated heterocycles. The van der Waals surface area contributed by atoms with Crippen LogP contribution in [0.5, 0.6) is 0 Å². The molecule has 5 aromatic rings. The van der Waals surface area contributed by atoms with Crippen molar-refractivity contribution in [1.29, 1.82) is 0 Å². The van der Waals surface area contributed by atoms with Gasteiger partial charge in [0.1, 0.15) is 15.3 Å². The van der Waals surface area contributed by atoms with Crippen molar-refractivity contribution in [2.24, 2.45) is 0 Å². The standard InChI is InChI=1S/C23H19NOS/c1-23(2,3)18-13-15(12-14-8-4-5-9-16(14)18)22-24-21-20(26-22)17-10-6-7-11-19(17)25-21/h4-13H,1-3H3. The molecule has 128 valence electrons. The molecule has 0 saturated carbocycles. The van der Waals surface area contributed by atoms with Gasteiger partial charge in [0.2, 0.25) is 5.71 Å². The monoisotopic (exact) mass is 357 g/mol. The number of fused-ring (bicyclic) bond motifs is 4. The molecule has 0 aliphatic rings. The molecule has 0 atom stereocenters. The van der Waals surface area contributed by atoms with Crippen LogP contribution < -0.4 is 0 Å². The largest absolute Gasteiger partial charge is 0.437 e. The van der Waals surface area contributed by atoms with E-state index in [4.69, 9.17) is 9.40 Å². The molecular weight excluding hydrogens is 338 g/mol. The highest BCUT2D eigenvalue weighted by Crippen LogP contribution is 2.40. The van der Waals surface area contributed by atoms with Gasteiger partial charge in [-0.25, -0.2) is 4.98 Å². The summed E-state index contributed by atoms with van der Waals surface area (Å²) < 4.78 is 7.06. The highest BCUT2D eigenvalue weighted by Gasteiger charge is 2.20. The summed E-state index contributed by atoms with van der Waals surface area (Å²) in [5.41, 5.74) is 4.22. The van der Waals surface area contributed by atoms with Crippen molar-refractivity contribution in [2.75, 3.05) is 0 Å². The zero-order valence-corrected chi connectivity index (χ0v) is 15.9. The molecule has 0 fully saturated rings. The number of aromatic nitrogens is 1. The fraction of sp³-hybridized carbons (Fsp3) is 0.174. The van der Waals surface area contributed by atoms with Crippen LogP contribution in [0.15, 0.2) is 65.1 Å². The van der Waals surface area contributed by atoms with Gasteiger partial charge in [-0.1, -0.05) is 57.2 Å². The van der Waals surface area contributed by atoms with Crippen molar-refractivity contribution < 1.29 is 4.42 Å². The van der Waals surface area contributed by atoms with E-state index >= 15 is 0 Å². The quantitative estimate of drug-likeness (QED) is 0.318. The van der Waals surface area contributed by atoms with Crippen molar-refractivity contribution in [3.05, 3.63) is 66.2 Å². The lowest BCUT2D eigenvalue weighted by atomic mass is 9.82. The van der Waals surface area contributed by atoms with Gasteiger partial charge in [-0.15, -0.1) is 11.3 Å². The molecule has 3 heteroatoms. The van der Waals surface area contributed by atoms with E-state index in [1.165, 1.54) is 16.3 Å². The van der Waals surface area contributed by atoms with Crippen LogP contribution in [0.1, 0.15) is 26.3 Å². The van der Waals surface area contributed by atoms with Crippen molar-refractivity contribution in [2.45, 2.75) is 26.2 Å². The lowest BCUT2D eigenvalue weighted by molar-refractivity contribution is 0.596. The Labute approximate surface area is 156 Å². The van der Waals surface area contributed by atoms with Crippen molar-refractivity contribution in [3.8, 4) is 10.6 Å². The van der Waals surface area contributed by atoms with Gasteiger partial charge in [0.15, 0.2) is 0 Å². The van der Waals surface area contributed by atoms with Crippen LogP contribution in [0.3, 0.4) is 0 Å². The third-order valence-electron chi connectivity index (χ3n) is 4.85. The summed E-state index contributed by atoms with van der Waals surface area (Å²) >= 11 is 1.71. The van der Waals surface area contributed by atoms with Crippen LogP contribution in [0.2, 0.25) is 0 Å². The van der Waals surface area contributed by atoms with Gasteiger partial charge in [0, 0.05) is 10.9 Å². The first-order valence-electron chi connectivity index (χ1n) is 8.82. The Bertz CT molecular complexity index is 1270.